The molecule has 0 amide bonds. The summed E-state index contributed by atoms with van der Waals surface area (Å²) in [7, 11) is 0. The Morgan fingerprint density at radius 3 is 1.63 bits per heavy atom. The highest BCUT2D eigenvalue weighted by atomic mass is 15.2. The van der Waals surface area contributed by atoms with Gasteiger partial charge >= 0.3 is 0 Å². The average molecular weight is 1340 g/mol. The van der Waals surface area contributed by atoms with E-state index >= 15 is 0 Å². The quantitative estimate of drug-likeness (QED) is 0.147. The van der Waals surface area contributed by atoms with Crippen molar-refractivity contribution in [2.24, 2.45) is 51.8 Å². The molecule has 4 fully saturated rings. The molecule has 103 heavy (non-hydrogen) atoms. The number of benzene rings is 9. The summed E-state index contributed by atoms with van der Waals surface area (Å²) in [4.78, 5) is 8.49. The lowest BCUT2D eigenvalue weighted by atomic mass is 9.33. The molecule has 9 aromatic carbocycles. The fourth-order valence-corrected chi connectivity index (χ4v) is 22.1. The Kier molecular flexibility index (Phi) is 14.1. The van der Waals surface area contributed by atoms with Gasteiger partial charge in [0.05, 0.1) is 0 Å². The van der Waals surface area contributed by atoms with Crippen molar-refractivity contribution < 1.29 is 0 Å². The van der Waals surface area contributed by atoms with Crippen molar-refractivity contribution in [1.82, 2.24) is 0 Å². The molecule has 5 unspecified atom stereocenters. The van der Waals surface area contributed by atoms with E-state index in [-0.39, 0.29) is 28.4 Å². The van der Waals surface area contributed by atoms with E-state index in [1.165, 1.54) is 179 Å². The van der Waals surface area contributed by atoms with Crippen molar-refractivity contribution in [2.75, 3.05) is 14.7 Å². The lowest BCUT2D eigenvalue weighted by molar-refractivity contribution is 0.0900. The zero-order valence-corrected chi connectivity index (χ0v) is 62.9. The second-order valence-corrected chi connectivity index (χ2v) is 37.7. The average Bonchev–Trinajstić information content (AvgIpc) is 0.697. The minimum atomic E-state index is -0.0620. The summed E-state index contributed by atoms with van der Waals surface area (Å²) in [5, 5.41) is 3.00. The van der Waals surface area contributed by atoms with E-state index in [2.05, 4.69) is 310 Å². The van der Waals surface area contributed by atoms with Crippen LogP contribution in [0.3, 0.4) is 0 Å². The van der Waals surface area contributed by atoms with Gasteiger partial charge in [0.15, 0.2) is 0 Å². The van der Waals surface area contributed by atoms with Crippen molar-refractivity contribution in [2.45, 2.75) is 171 Å². The fourth-order valence-electron chi connectivity index (χ4n) is 22.1. The van der Waals surface area contributed by atoms with Crippen LogP contribution in [0.4, 0.5) is 39.8 Å². The molecule has 0 N–H and O–H groups in total. The lowest BCUT2D eigenvalue weighted by Gasteiger charge is -2.58. The highest BCUT2D eigenvalue weighted by Crippen LogP contribution is 2.60. The van der Waals surface area contributed by atoms with Crippen LogP contribution in [0.2, 0.25) is 0 Å². The molecule has 5 atom stereocenters. The van der Waals surface area contributed by atoms with Gasteiger partial charge < -0.3 is 14.7 Å². The highest BCUT2D eigenvalue weighted by molar-refractivity contribution is 7.00. The zero-order chi connectivity index (χ0) is 70.1. The van der Waals surface area contributed by atoms with Crippen LogP contribution in [-0.2, 0) is 18.3 Å². The zero-order valence-electron chi connectivity index (χ0n) is 62.9. The van der Waals surface area contributed by atoms with Crippen LogP contribution in [0.1, 0.15) is 168 Å². The number of hydrogen-bond donors (Lipinski definition) is 0. The van der Waals surface area contributed by atoms with Gasteiger partial charge in [-0.05, 0) is 286 Å². The molecular weight excluding hydrogens is 1240 g/mol. The van der Waals surface area contributed by atoms with Crippen molar-refractivity contribution in [3.8, 4) is 33.4 Å². The Balaban J connectivity index is 0.864. The van der Waals surface area contributed by atoms with Gasteiger partial charge in [0.25, 0.3) is 6.71 Å². The predicted octanol–water partition coefficient (Wildman–Crippen LogP) is 24.0. The molecular formula is C99H100BN3. The Bertz CT molecular complexity index is 5220. The number of aryl methyl sites for hydroxylation is 1. The number of allylic oxidation sites excluding steroid dienone is 12. The summed E-state index contributed by atoms with van der Waals surface area (Å²) < 4.78 is 0. The highest BCUT2D eigenvalue weighted by Gasteiger charge is 2.51. The Labute approximate surface area is 614 Å². The second-order valence-electron chi connectivity index (χ2n) is 37.7. The van der Waals surface area contributed by atoms with Crippen LogP contribution in [0, 0.1) is 51.8 Å². The molecule has 21 rings (SSSR count). The first-order valence-corrected chi connectivity index (χ1v) is 39.6. The number of rotatable bonds is 7. The fraction of sp³-hybridized carbons (Fsp3) is 0.354. The van der Waals surface area contributed by atoms with Gasteiger partial charge in [-0.15, -0.1) is 0 Å². The van der Waals surface area contributed by atoms with E-state index in [0.29, 0.717) is 41.7 Å². The molecule has 0 radical (unpaired) electrons. The molecule has 4 bridgehead atoms. The van der Waals surface area contributed by atoms with E-state index in [0.717, 1.165) is 31.1 Å². The summed E-state index contributed by atoms with van der Waals surface area (Å²) >= 11 is 0. The summed E-state index contributed by atoms with van der Waals surface area (Å²) in [6.45, 7) is 29.2. The topological polar surface area (TPSA) is 9.72 Å². The molecule has 514 valence electrons. The molecule has 2 saturated heterocycles. The molecule has 0 aromatic heterocycles. The number of nitrogens with zero attached hydrogens (tertiary/aromatic N) is 3. The van der Waals surface area contributed by atoms with Crippen LogP contribution in [0.5, 0.6) is 0 Å². The van der Waals surface area contributed by atoms with Gasteiger partial charge in [-0.2, -0.15) is 0 Å². The van der Waals surface area contributed by atoms with Gasteiger partial charge in [0.1, 0.15) is 0 Å². The Morgan fingerprint density at radius 1 is 0.466 bits per heavy atom. The van der Waals surface area contributed by atoms with Crippen molar-refractivity contribution >= 4 is 79.3 Å². The van der Waals surface area contributed by atoms with Crippen LogP contribution in [0.15, 0.2) is 240 Å². The Morgan fingerprint density at radius 2 is 1.05 bits per heavy atom. The van der Waals surface area contributed by atoms with E-state index in [1.807, 2.05) is 0 Å². The van der Waals surface area contributed by atoms with Gasteiger partial charge in [-0.25, -0.2) is 0 Å². The van der Waals surface area contributed by atoms with E-state index in [1.54, 1.807) is 27.6 Å². The number of anilines is 7. The van der Waals surface area contributed by atoms with Gasteiger partial charge in [0, 0.05) is 63.7 Å². The normalized spacial score (nSPS) is 24.7. The van der Waals surface area contributed by atoms with Crippen molar-refractivity contribution in [3.63, 3.8) is 0 Å². The largest absolute Gasteiger partial charge is 0.365 e. The molecule has 2 saturated carbocycles. The molecule has 0 spiro atoms. The third-order valence-electron chi connectivity index (χ3n) is 27.4. The number of piperidine rings is 2. The molecule has 4 heterocycles. The van der Waals surface area contributed by atoms with Crippen LogP contribution in [-0.4, -0.2) is 18.8 Å². The third-order valence-corrected chi connectivity index (χ3v) is 27.4. The monoisotopic (exact) mass is 1340 g/mol. The summed E-state index contributed by atoms with van der Waals surface area (Å²) in [5.41, 5.74) is 37.5. The molecule has 4 aliphatic heterocycles. The van der Waals surface area contributed by atoms with Crippen LogP contribution >= 0.6 is 0 Å². The summed E-state index contributed by atoms with van der Waals surface area (Å²) in [6.07, 6.45) is 28.1. The van der Waals surface area contributed by atoms with Crippen LogP contribution in [0.25, 0.3) is 49.7 Å². The van der Waals surface area contributed by atoms with Crippen LogP contribution < -0.4 is 31.1 Å². The Hall–Kier alpha value is -8.86. The molecule has 8 aliphatic carbocycles. The van der Waals surface area contributed by atoms with Crippen molar-refractivity contribution in [1.29, 1.82) is 0 Å². The van der Waals surface area contributed by atoms with Gasteiger partial charge in [-0.1, -0.05) is 246 Å². The number of hydrogen-bond acceptors (Lipinski definition) is 3. The maximum atomic E-state index is 2.98. The van der Waals surface area contributed by atoms with Gasteiger partial charge in [-0.3, -0.25) is 0 Å². The standard InChI is InChI=1S/C99H100BN3/c1-96(2,3)72-44-66-23-25-68-46-74(98(7,8)9)54-83-81(50-70(48-72)91(66)93(68)83)64-31-37-85-87(52-64)102(76-33-27-62(28-34-76)60-19-15-13-16-20-60)89-56-80(101-78-40-58-39-59(42-78)43-79(101)41-58)57-90-95(89)100(85)86-38-32-65(53-88(86)103(90)77-35-29-63(30-36-77)61-21-17-14-18-22-61)82-51-71-49-73(97(4,5)6)45-67-24-26-69-47-75(99(10,11)12)55-84(82)94(69)92(67)71/h13-23,25,27-38,44-45,48-54,56-59,68-69,75,78-79,91,93H,24,26,39-43,46-47,55H2,1-12H3. The smallest absolute Gasteiger partial charge is 0.252 e. The maximum absolute atomic E-state index is 2.98. The minimum Gasteiger partial charge on any atom is -0.365 e. The summed E-state index contributed by atoms with van der Waals surface area (Å²) in [5.74, 6) is 3.94. The van der Waals surface area contributed by atoms with E-state index < -0.39 is 0 Å². The summed E-state index contributed by atoms with van der Waals surface area (Å²) in [6, 6.07) is 71.5. The first kappa shape index (κ1) is 63.8. The van der Waals surface area contributed by atoms with Crippen molar-refractivity contribution in [3.05, 3.63) is 268 Å². The van der Waals surface area contributed by atoms with E-state index in [4.69, 9.17) is 0 Å². The first-order chi connectivity index (χ1) is 49.5. The first-order valence-electron chi connectivity index (χ1n) is 39.6. The van der Waals surface area contributed by atoms with E-state index in [9.17, 15) is 0 Å². The predicted molar refractivity (Wildman–Crippen MR) is 438 cm³/mol. The minimum absolute atomic E-state index is 0.0128. The SMILES string of the molecule is CC(C)(C)C1=CC2=CC(c3ccc4c(c3)N(c3ccc(-c5ccccc5)cc3)c3cc(N5C6CC7CC(C6)CC5C7)cc5c3B4c3ccc(-c4cc6cc(C(C)(C)C)cc7c6c6c4CC(C(C)(C)C)CC6CC7)cc3N5c3ccc(-c4ccccc4)cc3)=C3C=C(C(C)(C)C)CC4C=CC(=C1)C2C34. The molecule has 9 aromatic rings. The third kappa shape index (κ3) is 10.2. The molecule has 12 aliphatic rings. The number of fused-ring (bicyclic) bond motifs is 4. The van der Waals surface area contributed by atoms with Gasteiger partial charge in [0.2, 0.25) is 0 Å². The molecule has 3 nitrogen and oxygen atoms in total. The maximum Gasteiger partial charge on any atom is 0.252 e. The molecule has 4 heteroatoms. The lowest BCUT2D eigenvalue weighted by Crippen LogP contribution is -2.62. The second kappa shape index (κ2) is 22.8.